The minimum absolute atomic E-state index is 0.170. The van der Waals surface area contributed by atoms with E-state index in [1.165, 1.54) is 0 Å². The molecule has 8 nitrogen and oxygen atoms in total. The molecule has 4 aromatic rings. The molecule has 5 rings (SSSR count). The van der Waals surface area contributed by atoms with Gasteiger partial charge in [0.05, 0.1) is 18.0 Å². The van der Waals surface area contributed by atoms with E-state index in [1.807, 2.05) is 61.6 Å². The quantitative estimate of drug-likeness (QED) is 0.465. The molecule has 33 heavy (non-hydrogen) atoms. The van der Waals surface area contributed by atoms with Gasteiger partial charge < -0.3 is 25.0 Å². The highest BCUT2D eigenvalue weighted by Gasteiger charge is 2.35. The van der Waals surface area contributed by atoms with Crippen molar-refractivity contribution in [1.29, 1.82) is 0 Å². The predicted molar refractivity (Wildman–Crippen MR) is 123 cm³/mol. The van der Waals surface area contributed by atoms with E-state index in [-0.39, 0.29) is 12.3 Å². The molecule has 3 N–H and O–H groups in total. The first-order valence-electron chi connectivity index (χ1n) is 10.5. The summed E-state index contributed by atoms with van der Waals surface area (Å²) in [4.78, 5) is 30.7. The number of anilines is 1. The molecule has 1 aliphatic heterocycles. The van der Waals surface area contributed by atoms with Crippen LogP contribution < -0.4 is 10.5 Å². The number of hydrogen-bond acceptors (Lipinski definition) is 5. The van der Waals surface area contributed by atoms with Gasteiger partial charge in [-0.2, -0.15) is 0 Å². The monoisotopic (exact) mass is 442 g/mol. The fourth-order valence-corrected chi connectivity index (χ4v) is 4.30. The van der Waals surface area contributed by atoms with Crippen molar-refractivity contribution in [3.05, 3.63) is 83.4 Å². The number of hydrogen-bond donors (Lipinski definition) is 2. The second-order valence-corrected chi connectivity index (χ2v) is 8.03. The number of aryl methyl sites for hydroxylation is 1. The predicted octanol–water partition coefficient (Wildman–Crippen LogP) is 4.12. The number of rotatable bonds is 6. The number of nitrogens with two attached hydrogens (primary N) is 1. The van der Waals surface area contributed by atoms with E-state index in [0.717, 1.165) is 16.6 Å². The summed E-state index contributed by atoms with van der Waals surface area (Å²) in [5.41, 5.74) is 9.58. The Balaban J connectivity index is 1.45. The Hall–Kier alpha value is -4.33. The first kappa shape index (κ1) is 20.6. The molecular weight excluding hydrogens is 420 g/mol. The molecule has 1 atom stereocenters. The van der Waals surface area contributed by atoms with Gasteiger partial charge in [-0.15, -0.1) is 0 Å². The van der Waals surface area contributed by atoms with Crippen LogP contribution >= 0.6 is 0 Å². The number of carboxylic acids is 1. The summed E-state index contributed by atoms with van der Waals surface area (Å²) in [6.07, 6.45) is -0.170. The molecular formula is C25H22N4O4. The highest BCUT2D eigenvalue weighted by Crippen LogP contribution is 2.37. The molecule has 0 saturated carbocycles. The fourth-order valence-electron chi connectivity index (χ4n) is 4.30. The number of nitrogen functional groups attached to an aromatic ring is 1. The van der Waals surface area contributed by atoms with Crippen LogP contribution in [0, 0.1) is 0 Å². The average Bonchev–Trinajstić information content (AvgIpc) is 3.29. The number of carbonyl (C=O) groups excluding carboxylic acids is 1. The number of aliphatic carboxylic acids is 1. The molecule has 0 aliphatic carbocycles. The zero-order valence-corrected chi connectivity index (χ0v) is 17.9. The third kappa shape index (κ3) is 3.65. The van der Waals surface area contributed by atoms with Crippen molar-refractivity contribution in [3.8, 4) is 11.5 Å². The molecule has 0 saturated heterocycles. The van der Waals surface area contributed by atoms with Crippen LogP contribution in [-0.2, 0) is 18.4 Å². The molecule has 1 aliphatic rings. The van der Waals surface area contributed by atoms with Crippen LogP contribution in [0.5, 0.6) is 11.5 Å². The standard InChI is InChI=1S/C25H22N4O4/c1-28-19-8-5-9-21(23(19)27-25(28)26)33-17-10-11-18-16(12-17)14-29(24(18)32)20(13-22(30)31)15-6-3-2-4-7-15/h2-12,20H,13-14H2,1H3,(H2,26,27)(H,30,31)/t20-/m0/s1. The molecule has 2 heterocycles. The van der Waals surface area contributed by atoms with Gasteiger partial charge >= 0.3 is 5.97 Å². The van der Waals surface area contributed by atoms with Crippen LogP contribution in [0.15, 0.2) is 66.7 Å². The van der Waals surface area contributed by atoms with Crippen molar-refractivity contribution < 1.29 is 19.4 Å². The number of amides is 1. The highest BCUT2D eigenvalue weighted by molar-refractivity contribution is 5.99. The Morgan fingerprint density at radius 1 is 1.15 bits per heavy atom. The van der Waals surface area contributed by atoms with Gasteiger partial charge in [-0.25, -0.2) is 4.98 Å². The van der Waals surface area contributed by atoms with Gasteiger partial charge in [0.1, 0.15) is 11.3 Å². The third-order valence-corrected chi connectivity index (χ3v) is 5.97. The lowest BCUT2D eigenvalue weighted by atomic mass is 10.0. The van der Waals surface area contributed by atoms with E-state index >= 15 is 0 Å². The summed E-state index contributed by atoms with van der Waals surface area (Å²) in [5, 5.41) is 9.45. The number of carbonyl (C=O) groups is 2. The Morgan fingerprint density at radius 3 is 2.70 bits per heavy atom. The van der Waals surface area contributed by atoms with Crippen LogP contribution in [0.3, 0.4) is 0 Å². The molecule has 0 fully saturated rings. The average molecular weight is 442 g/mol. The van der Waals surface area contributed by atoms with E-state index in [2.05, 4.69) is 4.98 Å². The zero-order valence-electron chi connectivity index (χ0n) is 17.9. The Labute approximate surface area is 189 Å². The summed E-state index contributed by atoms with van der Waals surface area (Å²) in [6.45, 7) is 0.305. The molecule has 3 aromatic carbocycles. The molecule has 0 unspecified atom stereocenters. The normalized spacial score (nSPS) is 13.8. The van der Waals surface area contributed by atoms with Crippen LogP contribution in [-0.4, -0.2) is 31.4 Å². The number of carboxylic acid groups (broad SMARTS) is 1. The zero-order chi connectivity index (χ0) is 23.1. The lowest BCUT2D eigenvalue weighted by Crippen LogP contribution is -2.30. The molecule has 1 aromatic heterocycles. The SMILES string of the molecule is Cn1c(N)nc2c(Oc3ccc4c(c3)CN([C@@H](CC(=O)O)c3ccccc3)C4=O)cccc21. The summed E-state index contributed by atoms with van der Waals surface area (Å²) >= 11 is 0. The fraction of sp³-hybridized carbons (Fsp3) is 0.160. The van der Waals surface area contributed by atoms with E-state index in [0.29, 0.717) is 35.1 Å². The summed E-state index contributed by atoms with van der Waals surface area (Å²) in [6, 6.07) is 19.6. The summed E-state index contributed by atoms with van der Waals surface area (Å²) < 4.78 is 7.90. The lowest BCUT2D eigenvalue weighted by molar-refractivity contribution is -0.138. The summed E-state index contributed by atoms with van der Waals surface area (Å²) in [7, 11) is 1.84. The van der Waals surface area contributed by atoms with Gasteiger partial charge in [0.15, 0.2) is 5.75 Å². The van der Waals surface area contributed by atoms with Crippen molar-refractivity contribution in [1.82, 2.24) is 14.5 Å². The maximum absolute atomic E-state index is 13.1. The van der Waals surface area contributed by atoms with Gasteiger partial charge in [-0.05, 0) is 41.5 Å². The van der Waals surface area contributed by atoms with Crippen LogP contribution in [0.25, 0.3) is 11.0 Å². The molecule has 0 spiro atoms. The number of nitrogens with zero attached hydrogens (tertiary/aromatic N) is 3. The van der Waals surface area contributed by atoms with Crippen LogP contribution in [0.1, 0.15) is 33.9 Å². The highest BCUT2D eigenvalue weighted by atomic mass is 16.5. The minimum Gasteiger partial charge on any atom is -0.481 e. The van der Waals surface area contributed by atoms with Gasteiger partial charge in [0, 0.05) is 19.2 Å². The topological polar surface area (TPSA) is 111 Å². The lowest BCUT2D eigenvalue weighted by Gasteiger charge is -2.27. The number of aromatic nitrogens is 2. The number of ether oxygens (including phenoxy) is 1. The molecule has 166 valence electrons. The van der Waals surface area contributed by atoms with Gasteiger partial charge in [-0.1, -0.05) is 36.4 Å². The van der Waals surface area contributed by atoms with E-state index in [4.69, 9.17) is 10.5 Å². The Morgan fingerprint density at radius 2 is 1.94 bits per heavy atom. The molecule has 0 radical (unpaired) electrons. The number of para-hydroxylation sites is 1. The molecule has 8 heteroatoms. The van der Waals surface area contributed by atoms with E-state index in [1.54, 1.807) is 21.6 Å². The van der Waals surface area contributed by atoms with Crippen LogP contribution in [0.4, 0.5) is 5.95 Å². The molecule has 1 amide bonds. The second kappa shape index (κ2) is 7.98. The van der Waals surface area contributed by atoms with Crippen LogP contribution in [0.2, 0.25) is 0 Å². The van der Waals surface area contributed by atoms with E-state index < -0.39 is 12.0 Å². The number of benzene rings is 3. The second-order valence-electron chi connectivity index (χ2n) is 8.03. The maximum Gasteiger partial charge on any atom is 0.305 e. The van der Waals surface area contributed by atoms with Crippen molar-refractivity contribution in [2.24, 2.45) is 7.05 Å². The van der Waals surface area contributed by atoms with Gasteiger partial charge in [-0.3, -0.25) is 9.59 Å². The van der Waals surface area contributed by atoms with Crippen molar-refractivity contribution in [2.45, 2.75) is 19.0 Å². The minimum atomic E-state index is -0.959. The number of fused-ring (bicyclic) bond motifs is 2. The smallest absolute Gasteiger partial charge is 0.305 e. The summed E-state index contributed by atoms with van der Waals surface area (Å²) in [5.74, 6) is 0.371. The van der Waals surface area contributed by atoms with Crippen molar-refractivity contribution in [2.75, 3.05) is 5.73 Å². The third-order valence-electron chi connectivity index (χ3n) is 5.97. The number of imidazole rings is 1. The van der Waals surface area contributed by atoms with Gasteiger partial charge in [0.2, 0.25) is 5.95 Å². The van der Waals surface area contributed by atoms with E-state index in [9.17, 15) is 14.7 Å². The van der Waals surface area contributed by atoms with Crippen molar-refractivity contribution in [3.63, 3.8) is 0 Å². The first-order chi connectivity index (χ1) is 15.9. The van der Waals surface area contributed by atoms with Gasteiger partial charge in [0.25, 0.3) is 5.91 Å². The van der Waals surface area contributed by atoms with Crippen molar-refractivity contribution >= 4 is 28.9 Å². The largest absolute Gasteiger partial charge is 0.481 e. The Bertz CT molecular complexity index is 1380. The Kier molecular flexibility index (Phi) is 4.97. The maximum atomic E-state index is 13.1. The molecule has 0 bridgehead atoms. The first-order valence-corrected chi connectivity index (χ1v) is 10.5.